The van der Waals surface area contributed by atoms with Gasteiger partial charge >= 0.3 is 0 Å². The second-order valence-corrected chi connectivity index (χ2v) is 9.25. The largest absolute Gasteiger partial charge is 0.0900 e. The lowest BCUT2D eigenvalue weighted by Gasteiger charge is -2.60. The fraction of sp³-hybridized carbons (Fsp3) is 1.00. The number of hydrogen-bond acceptors (Lipinski definition) is 1. The Balaban J connectivity index is 1.63. The fourth-order valence-corrected chi connectivity index (χ4v) is 7.52. The molecule has 4 rings (SSSR count). The minimum atomic E-state index is 0.264. The van der Waals surface area contributed by atoms with Crippen LogP contribution in [0, 0.1) is 34.5 Å². The molecule has 7 atom stereocenters. The van der Waals surface area contributed by atoms with E-state index in [9.17, 15) is 0 Å². The van der Waals surface area contributed by atoms with Gasteiger partial charge < -0.3 is 0 Å². The predicted octanol–water partition coefficient (Wildman–Crippen LogP) is 6.10. The average molecular weight is 301 g/mol. The van der Waals surface area contributed by atoms with Crippen LogP contribution in [0.1, 0.15) is 78.1 Å². The minimum Gasteiger partial charge on any atom is -0.0900 e. The second kappa shape index (κ2) is 5.16. The van der Waals surface area contributed by atoms with E-state index in [0.717, 1.165) is 30.1 Å². The Morgan fingerprint density at radius 2 is 1.68 bits per heavy atom. The summed E-state index contributed by atoms with van der Waals surface area (Å²) in [6.07, 6.45) is 13.9. The average Bonchev–Trinajstić information content (AvgIpc) is 2.84. The first-order valence-electron chi connectivity index (χ1n) is 9.64. The van der Waals surface area contributed by atoms with Gasteiger partial charge in [0.1, 0.15) is 0 Å². The molecule has 4 aliphatic rings. The summed E-state index contributed by atoms with van der Waals surface area (Å²) in [6.45, 7) is 5.08. The molecule has 0 amide bonds. The van der Waals surface area contributed by atoms with Crippen molar-refractivity contribution in [2.75, 3.05) is 0 Å². The van der Waals surface area contributed by atoms with Gasteiger partial charge in [0, 0.05) is 11.0 Å². The molecule has 0 aromatic carbocycles. The molecule has 0 aromatic heterocycles. The Morgan fingerprint density at radius 3 is 2.50 bits per heavy atom. The number of hydrogen-bond donors (Lipinski definition) is 0. The van der Waals surface area contributed by atoms with E-state index in [-0.39, 0.29) is 6.04 Å². The van der Waals surface area contributed by atoms with Crippen LogP contribution in [0.3, 0.4) is 0 Å². The molecule has 22 heavy (non-hydrogen) atoms. The molecule has 3 heteroatoms. The van der Waals surface area contributed by atoms with Crippen LogP contribution in [-0.4, -0.2) is 6.04 Å². The Hall–Kier alpha value is -0.690. The molecular weight excluding hydrogens is 270 g/mol. The van der Waals surface area contributed by atoms with Gasteiger partial charge in [-0.2, -0.15) is 0 Å². The first kappa shape index (κ1) is 14.9. The van der Waals surface area contributed by atoms with Crippen LogP contribution in [0.5, 0.6) is 0 Å². The summed E-state index contributed by atoms with van der Waals surface area (Å²) >= 11 is 0. The van der Waals surface area contributed by atoms with Crippen molar-refractivity contribution < 1.29 is 0 Å². The van der Waals surface area contributed by atoms with E-state index in [1.807, 2.05) is 0 Å². The molecule has 4 fully saturated rings. The van der Waals surface area contributed by atoms with Crippen molar-refractivity contribution in [2.45, 2.75) is 84.1 Å². The van der Waals surface area contributed by atoms with Crippen molar-refractivity contribution in [1.29, 1.82) is 0 Å². The van der Waals surface area contributed by atoms with Crippen molar-refractivity contribution in [3.63, 3.8) is 0 Å². The summed E-state index contributed by atoms with van der Waals surface area (Å²) in [5, 5.41) is 4.20. The first-order chi connectivity index (χ1) is 10.6. The third-order valence-corrected chi connectivity index (χ3v) is 8.72. The van der Waals surface area contributed by atoms with Gasteiger partial charge in [-0.3, -0.25) is 0 Å². The Labute approximate surface area is 134 Å². The monoisotopic (exact) mass is 301 g/mol. The third kappa shape index (κ3) is 1.90. The molecule has 0 radical (unpaired) electrons. The van der Waals surface area contributed by atoms with Gasteiger partial charge in [-0.15, -0.1) is 0 Å². The zero-order valence-electron chi connectivity index (χ0n) is 14.3. The minimum absolute atomic E-state index is 0.264. The molecule has 0 saturated heterocycles. The van der Waals surface area contributed by atoms with Crippen molar-refractivity contribution in [3.8, 4) is 0 Å². The molecule has 0 heterocycles. The maximum absolute atomic E-state index is 8.92. The highest BCUT2D eigenvalue weighted by Crippen LogP contribution is 2.66. The van der Waals surface area contributed by atoms with Gasteiger partial charge in [-0.1, -0.05) is 31.8 Å². The number of nitrogens with zero attached hydrogens (tertiary/aromatic N) is 3. The fourth-order valence-electron chi connectivity index (χ4n) is 7.52. The summed E-state index contributed by atoms with van der Waals surface area (Å²) < 4.78 is 0. The summed E-state index contributed by atoms with van der Waals surface area (Å²) in [7, 11) is 0. The molecule has 122 valence electrons. The normalized spacial score (nSPS) is 53.8. The zero-order valence-corrected chi connectivity index (χ0v) is 14.3. The van der Waals surface area contributed by atoms with E-state index in [4.69, 9.17) is 5.53 Å². The molecule has 0 aliphatic heterocycles. The quantitative estimate of drug-likeness (QED) is 0.319. The highest BCUT2D eigenvalue weighted by atomic mass is 15.2. The van der Waals surface area contributed by atoms with Crippen LogP contribution < -0.4 is 0 Å². The molecule has 0 aromatic rings. The maximum atomic E-state index is 8.92. The van der Waals surface area contributed by atoms with Gasteiger partial charge in [0.15, 0.2) is 0 Å². The van der Waals surface area contributed by atoms with Crippen LogP contribution in [-0.2, 0) is 0 Å². The highest BCUT2D eigenvalue weighted by Gasteiger charge is 2.59. The molecular formula is C19H31N3. The standard InChI is InChI=1S/C19H31N3/c1-18-11-4-3-5-13(18)6-7-14-15-8-9-17(21-22-20)19(15,2)12-10-16(14)18/h13-17H,3-12H2,1-2H3/t13-,14-,15+,16-,17-,18-,19-/m0/s1. The Bertz CT molecular complexity index is 497. The summed E-state index contributed by atoms with van der Waals surface area (Å²) in [4.78, 5) is 3.16. The molecule has 0 spiro atoms. The van der Waals surface area contributed by atoms with Crippen LogP contribution in [0.2, 0.25) is 0 Å². The topological polar surface area (TPSA) is 48.8 Å². The van der Waals surface area contributed by atoms with Crippen LogP contribution >= 0.6 is 0 Å². The number of azide groups is 1. The van der Waals surface area contributed by atoms with Crippen molar-refractivity contribution in [3.05, 3.63) is 10.4 Å². The maximum Gasteiger partial charge on any atom is 0.0430 e. The van der Waals surface area contributed by atoms with Gasteiger partial charge in [0.25, 0.3) is 0 Å². The van der Waals surface area contributed by atoms with Crippen LogP contribution in [0.15, 0.2) is 5.11 Å². The molecule has 4 saturated carbocycles. The highest BCUT2D eigenvalue weighted by molar-refractivity contribution is 5.10. The predicted molar refractivity (Wildman–Crippen MR) is 89.3 cm³/mol. The molecule has 4 aliphatic carbocycles. The first-order valence-corrected chi connectivity index (χ1v) is 9.64. The summed E-state index contributed by atoms with van der Waals surface area (Å²) in [6, 6.07) is 0.264. The zero-order chi connectivity index (χ0) is 15.4. The number of fused-ring (bicyclic) bond motifs is 5. The van der Waals surface area contributed by atoms with Gasteiger partial charge in [0.2, 0.25) is 0 Å². The number of rotatable bonds is 1. The molecule has 0 unspecified atom stereocenters. The van der Waals surface area contributed by atoms with E-state index >= 15 is 0 Å². The van der Waals surface area contributed by atoms with Gasteiger partial charge in [-0.05, 0) is 91.4 Å². The molecule has 0 N–H and O–H groups in total. The van der Waals surface area contributed by atoms with E-state index in [0.29, 0.717) is 10.8 Å². The van der Waals surface area contributed by atoms with E-state index in [1.54, 1.807) is 0 Å². The van der Waals surface area contributed by atoms with Crippen molar-refractivity contribution >= 4 is 0 Å². The Morgan fingerprint density at radius 1 is 0.864 bits per heavy atom. The summed E-state index contributed by atoms with van der Waals surface area (Å²) in [5.74, 6) is 3.69. The lowest BCUT2D eigenvalue weighted by Crippen LogP contribution is -2.53. The summed E-state index contributed by atoms with van der Waals surface area (Å²) in [5.41, 5.74) is 9.84. The van der Waals surface area contributed by atoms with Crippen LogP contribution in [0.4, 0.5) is 0 Å². The van der Waals surface area contributed by atoms with E-state index in [2.05, 4.69) is 23.9 Å². The van der Waals surface area contributed by atoms with Crippen molar-refractivity contribution in [1.82, 2.24) is 0 Å². The van der Waals surface area contributed by atoms with E-state index in [1.165, 1.54) is 57.8 Å². The van der Waals surface area contributed by atoms with Crippen LogP contribution in [0.25, 0.3) is 10.4 Å². The third-order valence-electron chi connectivity index (χ3n) is 8.72. The molecule has 0 bridgehead atoms. The second-order valence-electron chi connectivity index (χ2n) is 9.25. The molecule has 3 nitrogen and oxygen atoms in total. The lowest BCUT2D eigenvalue weighted by atomic mass is 9.45. The van der Waals surface area contributed by atoms with Gasteiger partial charge in [-0.25, -0.2) is 0 Å². The lowest BCUT2D eigenvalue weighted by molar-refractivity contribution is -0.105. The smallest absolute Gasteiger partial charge is 0.0430 e. The van der Waals surface area contributed by atoms with Crippen molar-refractivity contribution in [2.24, 2.45) is 39.6 Å². The van der Waals surface area contributed by atoms with Gasteiger partial charge in [0.05, 0.1) is 0 Å². The Kier molecular flexibility index (Phi) is 3.49. The SMILES string of the molecule is C[C@]12CCCC[C@H]1CC[C@H]1[C@H]3CC[C@H](N=[N+]=[N-])[C@@]3(C)CC[C@@H]12. The van der Waals surface area contributed by atoms with E-state index < -0.39 is 0 Å².